The van der Waals surface area contributed by atoms with Crippen LogP contribution in [0.4, 0.5) is 0 Å². The van der Waals surface area contributed by atoms with Gasteiger partial charge in [0.15, 0.2) is 0 Å². The zero-order valence-corrected chi connectivity index (χ0v) is 12.4. The van der Waals surface area contributed by atoms with Crippen molar-refractivity contribution >= 4 is 22.6 Å². The van der Waals surface area contributed by atoms with Crippen LogP contribution in [0.25, 0.3) is 10.8 Å². The predicted molar refractivity (Wildman–Crippen MR) is 82.7 cm³/mol. The van der Waals surface area contributed by atoms with E-state index >= 15 is 0 Å². The smallest absolute Gasteiger partial charge is 0.336 e. The van der Waals surface area contributed by atoms with Gasteiger partial charge in [0, 0.05) is 17.5 Å². The van der Waals surface area contributed by atoms with Gasteiger partial charge in [0.1, 0.15) is 0 Å². The Hall–Kier alpha value is -2.36. The average molecular weight is 285 g/mol. The van der Waals surface area contributed by atoms with Crippen molar-refractivity contribution in [2.75, 3.05) is 6.54 Å². The van der Waals surface area contributed by atoms with Crippen molar-refractivity contribution in [2.45, 2.75) is 20.8 Å². The summed E-state index contributed by atoms with van der Waals surface area (Å²) < 4.78 is 0. The van der Waals surface area contributed by atoms with Crippen LogP contribution >= 0.6 is 0 Å². The first-order chi connectivity index (χ1) is 9.79. The summed E-state index contributed by atoms with van der Waals surface area (Å²) in [4.78, 5) is 23.8. The quantitative estimate of drug-likeness (QED) is 0.909. The molecule has 0 saturated heterocycles. The third kappa shape index (κ3) is 3.40. The van der Waals surface area contributed by atoms with E-state index in [0.717, 1.165) is 5.39 Å². The molecule has 21 heavy (non-hydrogen) atoms. The summed E-state index contributed by atoms with van der Waals surface area (Å²) >= 11 is 0. The van der Waals surface area contributed by atoms with Crippen LogP contribution in [0.15, 0.2) is 36.4 Å². The van der Waals surface area contributed by atoms with Gasteiger partial charge in [-0.1, -0.05) is 45.0 Å². The molecule has 4 nitrogen and oxygen atoms in total. The summed E-state index contributed by atoms with van der Waals surface area (Å²) in [6.07, 6.45) is 0. The van der Waals surface area contributed by atoms with Gasteiger partial charge >= 0.3 is 5.97 Å². The molecule has 0 atom stereocenters. The van der Waals surface area contributed by atoms with E-state index in [1.54, 1.807) is 18.2 Å². The molecule has 2 aromatic carbocycles. The van der Waals surface area contributed by atoms with Gasteiger partial charge in [-0.05, 0) is 22.9 Å². The Morgan fingerprint density at radius 3 is 2.14 bits per heavy atom. The highest BCUT2D eigenvalue weighted by molar-refractivity contribution is 6.14. The minimum absolute atomic E-state index is 0.0319. The third-order valence-electron chi connectivity index (χ3n) is 3.16. The van der Waals surface area contributed by atoms with E-state index in [2.05, 4.69) is 5.32 Å². The lowest BCUT2D eigenvalue weighted by Crippen LogP contribution is -2.32. The second kappa shape index (κ2) is 5.56. The van der Waals surface area contributed by atoms with Crippen molar-refractivity contribution in [1.82, 2.24) is 5.32 Å². The molecule has 110 valence electrons. The van der Waals surface area contributed by atoms with Gasteiger partial charge < -0.3 is 10.4 Å². The Morgan fingerprint density at radius 2 is 1.62 bits per heavy atom. The van der Waals surface area contributed by atoms with Gasteiger partial charge in [0.25, 0.3) is 5.91 Å². The Labute approximate surface area is 123 Å². The van der Waals surface area contributed by atoms with E-state index in [0.29, 0.717) is 17.5 Å². The fourth-order valence-electron chi connectivity index (χ4n) is 2.15. The Kier molecular flexibility index (Phi) is 3.98. The van der Waals surface area contributed by atoms with Crippen LogP contribution in [0.3, 0.4) is 0 Å². The van der Waals surface area contributed by atoms with E-state index in [1.165, 1.54) is 6.07 Å². The van der Waals surface area contributed by atoms with Gasteiger partial charge in [0.05, 0.1) is 5.56 Å². The number of carbonyl (C=O) groups is 2. The second-order valence-electron chi connectivity index (χ2n) is 6.26. The lowest BCUT2D eigenvalue weighted by Gasteiger charge is -2.19. The van der Waals surface area contributed by atoms with E-state index in [1.807, 2.05) is 32.9 Å². The van der Waals surface area contributed by atoms with Crippen molar-refractivity contribution in [3.8, 4) is 0 Å². The molecular weight excluding hydrogens is 266 g/mol. The van der Waals surface area contributed by atoms with Crippen LogP contribution in [-0.2, 0) is 0 Å². The van der Waals surface area contributed by atoms with E-state index in [4.69, 9.17) is 0 Å². The highest BCUT2D eigenvalue weighted by Gasteiger charge is 2.18. The fraction of sp³-hybridized carbons (Fsp3) is 0.294. The minimum atomic E-state index is -1.03. The number of amides is 1. The van der Waals surface area contributed by atoms with Gasteiger partial charge in [-0.3, -0.25) is 4.79 Å². The van der Waals surface area contributed by atoms with Crippen molar-refractivity contribution < 1.29 is 14.7 Å². The summed E-state index contributed by atoms with van der Waals surface area (Å²) in [5.41, 5.74) is 0.513. The lowest BCUT2D eigenvalue weighted by molar-refractivity contribution is 0.0699. The van der Waals surface area contributed by atoms with Crippen molar-refractivity contribution in [3.63, 3.8) is 0 Å². The molecule has 0 unspecified atom stereocenters. The summed E-state index contributed by atoms with van der Waals surface area (Å²) in [6, 6.07) is 10.2. The van der Waals surface area contributed by atoms with Gasteiger partial charge in [0.2, 0.25) is 0 Å². The summed E-state index contributed by atoms with van der Waals surface area (Å²) in [7, 11) is 0. The number of fused-ring (bicyclic) bond motifs is 1. The highest BCUT2D eigenvalue weighted by atomic mass is 16.4. The van der Waals surface area contributed by atoms with Crippen LogP contribution in [0.5, 0.6) is 0 Å². The number of benzene rings is 2. The summed E-state index contributed by atoms with van der Waals surface area (Å²) in [6.45, 7) is 6.61. The molecule has 0 spiro atoms. The maximum absolute atomic E-state index is 12.4. The Bertz CT molecular complexity index is 693. The number of hydrogen-bond donors (Lipinski definition) is 2. The molecule has 0 saturated carbocycles. The topological polar surface area (TPSA) is 66.4 Å². The average Bonchev–Trinajstić information content (AvgIpc) is 2.42. The largest absolute Gasteiger partial charge is 0.478 e. The molecule has 0 aliphatic carbocycles. The number of carbonyl (C=O) groups excluding carboxylic acids is 1. The molecular formula is C17H19NO3. The number of hydrogen-bond acceptors (Lipinski definition) is 2. The third-order valence-corrected chi connectivity index (χ3v) is 3.16. The fourth-order valence-corrected chi connectivity index (χ4v) is 2.15. The molecule has 0 aromatic heterocycles. The lowest BCUT2D eigenvalue weighted by atomic mass is 9.96. The number of aromatic carboxylic acids is 1. The first-order valence-electron chi connectivity index (χ1n) is 6.83. The molecule has 0 aliphatic rings. The predicted octanol–water partition coefficient (Wildman–Crippen LogP) is 3.31. The monoisotopic (exact) mass is 285 g/mol. The standard InChI is InChI=1S/C17H19NO3/c1-17(2,3)10-18-15(19)12-8-4-6-11-7-5-9-13(14(11)12)16(20)21/h4-9H,10H2,1-3H3,(H,18,19)(H,20,21). The molecule has 0 aliphatic heterocycles. The SMILES string of the molecule is CC(C)(C)CNC(=O)c1cccc2cccc(C(=O)O)c12. The Balaban J connectivity index is 2.49. The normalized spacial score (nSPS) is 11.4. The van der Waals surface area contributed by atoms with E-state index in [9.17, 15) is 14.7 Å². The van der Waals surface area contributed by atoms with Crippen molar-refractivity contribution in [3.05, 3.63) is 47.5 Å². The molecule has 2 N–H and O–H groups in total. The van der Waals surface area contributed by atoms with Crippen molar-refractivity contribution in [1.29, 1.82) is 0 Å². The van der Waals surface area contributed by atoms with Gasteiger partial charge in [-0.25, -0.2) is 4.79 Å². The zero-order chi connectivity index (χ0) is 15.6. The molecule has 0 heterocycles. The van der Waals surface area contributed by atoms with Gasteiger partial charge in [-0.15, -0.1) is 0 Å². The maximum Gasteiger partial charge on any atom is 0.336 e. The number of nitrogens with one attached hydrogen (secondary N) is 1. The highest BCUT2D eigenvalue weighted by Crippen LogP contribution is 2.23. The second-order valence-corrected chi connectivity index (χ2v) is 6.26. The first-order valence-corrected chi connectivity index (χ1v) is 6.83. The molecule has 1 amide bonds. The van der Waals surface area contributed by atoms with Gasteiger partial charge in [-0.2, -0.15) is 0 Å². The number of rotatable bonds is 3. The minimum Gasteiger partial charge on any atom is -0.478 e. The van der Waals surface area contributed by atoms with Crippen LogP contribution in [0.1, 0.15) is 41.5 Å². The molecule has 0 fully saturated rings. The van der Waals surface area contributed by atoms with Crippen LogP contribution in [0.2, 0.25) is 0 Å². The molecule has 2 rings (SSSR count). The van der Waals surface area contributed by atoms with Crippen LogP contribution in [-0.4, -0.2) is 23.5 Å². The summed E-state index contributed by atoms with van der Waals surface area (Å²) in [5.74, 6) is -1.28. The molecule has 4 heteroatoms. The summed E-state index contributed by atoms with van der Waals surface area (Å²) in [5, 5.41) is 13.4. The van der Waals surface area contributed by atoms with E-state index < -0.39 is 5.97 Å². The zero-order valence-electron chi connectivity index (χ0n) is 12.4. The van der Waals surface area contributed by atoms with Crippen molar-refractivity contribution in [2.24, 2.45) is 5.41 Å². The first kappa shape index (κ1) is 15.0. The molecule has 2 aromatic rings. The molecule has 0 radical (unpaired) electrons. The van der Waals surface area contributed by atoms with Crippen LogP contribution < -0.4 is 5.32 Å². The van der Waals surface area contributed by atoms with E-state index in [-0.39, 0.29) is 16.9 Å². The number of carboxylic acids is 1. The maximum atomic E-state index is 12.4. The Morgan fingerprint density at radius 1 is 1.05 bits per heavy atom. The van der Waals surface area contributed by atoms with Crippen LogP contribution in [0, 0.1) is 5.41 Å². The number of carboxylic acid groups (broad SMARTS) is 1. The molecule has 0 bridgehead atoms.